The predicted octanol–water partition coefficient (Wildman–Crippen LogP) is 3.44. The first-order valence-corrected chi connectivity index (χ1v) is 7.31. The van der Waals surface area contributed by atoms with E-state index in [2.05, 4.69) is 15.6 Å². The molecule has 0 radical (unpaired) electrons. The van der Waals surface area contributed by atoms with E-state index in [4.69, 9.17) is 4.42 Å². The molecule has 1 amide bonds. The molecule has 3 rings (SSSR count). The first-order valence-electron chi connectivity index (χ1n) is 7.31. The number of nitrogens with one attached hydrogen (secondary N) is 2. The van der Waals surface area contributed by atoms with Crippen molar-refractivity contribution < 1.29 is 14.0 Å². The number of amides is 1. The number of oxazole rings is 1. The molecule has 2 aromatic carbocycles. The van der Waals surface area contributed by atoms with Gasteiger partial charge < -0.3 is 15.1 Å². The van der Waals surface area contributed by atoms with Crippen LogP contribution in [0.25, 0.3) is 16.7 Å². The van der Waals surface area contributed by atoms with E-state index >= 15 is 0 Å². The van der Waals surface area contributed by atoms with Gasteiger partial charge in [0, 0.05) is 24.5 Å². The van der Waals surface area contributed by atoms with E-state index in [-0.39, 0.29) is 17.4 Å². The Balaban J connectivity index is 1.83. The highest BCUT2D eigenvalue weighted by molar-refractivity contribution is 6.06. The van der Waals surface area contributed by atoms with Gasteiger partial charge in [-0.25, -0.2) is 4.98 Å². The lowest BCUT2D eigenvalue weighted by atomic mass is 10.2. The molecular formula is C18H15N3O3. The van der Waals surface area contributed by atoms with Crippen LogP contribution in [0, 0.1) is 0 Å². The summed E-state index contributed by atoms with van der Waals surface area (Å²) in [6, 6.07) is 14.4. The minimum absolute atomic E-state index is 0.150. The van der Waals surface area contributed by atoms with Crippen molar-refractivity contribution in [3.05, 3.63) is 60.6 Å². The number of allylic oxidation sites excluding steroid dienone is 1. The van der Waals surface area contributed by atoms with Gasteiger partial charge in [0.15, 0.2) is 11.9 Å². The summed E-state index contributed by atoms with van der Waals surface area (Å²) in [4.78, 5) is 26.7. The average molecular weight is 321 g/mol. The molecular weight excluding hydrogens is 306 g/mol. The van der Waals surface area contributed by atoms with Crippen LogP contribution in [0.4, 0.5) is 11.4 Å². The van der Waals surface area contributed by atoms with Crippen molar-refractivity contribution in [2.75, 3.05) is 10.6 Å². The Morgan fingerprint density at radius 1 is 1.12 bits per heavy atom. The number of nitrogens with zero attached hydrogens (tertiary/aromatic N) is 1. The Kier molecular flexibility index (Phi) is 4.38. The number of carbonyl (C=O) groups excluding carboxylic acids is 2. The van der Waals surface area contributed by atoms with Gasteiger partial charge in [0.05, 0.1) is 5.57 Å². The highest BCUT2D eigenvalue weighted by atomic mass is 16.3. The second kappa shape index (κ2) is 6.78. The summed E-state index contributed by atoms with van der Waals surface area (Å²) in [6.07, 6.45) is 2.19. The molecule has 0 aliphatic heterocycles. The van der Waals surface area contributed by atoms with E-state index in [1.54, 1.807) is 24.3 Å². The molecule has 24 heavy (non-hydrogen) atoms. The second-order valence-corrected chi connectivity index (χ2v) is 5.11. The number of carbonyl (C=O) groups is 2. The normalized spacial score (nSPS) is 11.3. The van der Waals surface area contributed by atoms with Crippen molar-refractivity contribution in [1.82, 2.24) is 4.98 Å². The smallest absolute Gasteiger partial charge is 0.232 e. The zero-order chi connectivity index (χ0) is 16.9. The van der Waals surface area contributed by atoms with Crippen molar-refractivity contribution in [2.24, 2.45) is 0 Å². The maximum absolute atomic E-state index is 11.4. The largest absolute Gasteiger partial charge is 0.436 e. The molecule has 0 fully saturated rings. The molecule has 0 saturated heterocycles. The van der Waals surface area contributed by atoms with Crippen molar-refractivity contribution in [3.63, 3.8) is 0 Å². The van der Waals surface area contributed by atoms with Crippen LogP contribution in [-0.4, -0.2) is 17.2 Å². The summed E-state index contributed by atoms with van der Waals surface area (Å²) < 4.78 is 5.58. The predicted molar refractivity (Wildman–Crippen MR) is 92.4 cm³/mol. The maximum Gasteiger partial charge on any atom is 0.232 e. The lowest BCUT2D eigenvalue weighted by Gasteiger charge is -2.05. The van der Waals surface area contributed by atoms with Crippen molar-refractivity contribution in [3.8, 4) is 0 Å². The first-order chi connectivity index (χ1) is 11.7. The Morgan fingerprint density at radius 2 is 1.92 bits per heavy atom. The molecule has 0 aliphatic rings. The van der Waals surface area contributed by atoms with Gasteiger partial charge in [-0.15, -0.1) is 0 Å². The van der Waals surface area contributed by atoms with Crippen molar-refractivity contribution in [1.29, 1.82) is 0 Å². The highest BCUT2D eigenvalue weighted by Crippen LogP contribution is 2.21. The Labute approximate surface area is 138 Å². The SMILES string of the molecule is CC(=O)Nc1cccc(N/C=C(/C=O)c2nc3ccccc3o2)c1. The Morgan fingerprint density at radius 3 is 2.67 bits per heavy atom. The van der Waals surface area contributed by atoms with Gasteiger partial charge in [-0.3, -0.25) is 9.59 Å². The highest BCUT2D eigenvalue weighted by Gasteiger charge is 2.09. The fourth-order valence-electron chi connectivity index (χ4n) is 2.19. The minimum atomic E-state index is -0.150. The lowest BCUT2D eigenvalue weighted by Crippen LogP contribution is -2.05. The number of para-hydroxylation sites is 2. The van der Waals surface area contributed by atoms with Crippen LogP contribution in [-0.2, 0) is 9.59 Å². The average Bonchev–Trinajstić information content (AvgIpc) is 2.99. The summed E-state index contributed by atoms with van der Waals surface area (Å²) in [5.74, 6) is 0.0967. The van der Waals surface area contributed by atoms with Gasteiger partial charge in [-0.05, 0) is 30.3 Å². The fourth-order valence-corrected chi connectivity index (χ4v) is 2.19. The molecule has 0 bridgehead atoms. The van der Waals surface area contributed by atoms with Crippen LogP contribution in [0.15, 0.2) is 59.1 Å². The molecule has 0 atom stereocenters. The van der Waals surface area contributed by atoms with E-state index in [1.165, 1.54) is 13.1 Å². The summed E-state index contributed by atoms with van der Waals surface area (Å²) in [5.41, 5.74) is 2.98. The van der Waals surface area contributed by atoms with Crippen LogP contribution >= 0.6 is 0 Å². The van der Waals surface area contributed by atoms with Crippen molar-refractivity contribution in [2.45, 2.75) is 6.92 Å². The van der Waals surface area contributed by atoms with Gasteiger partial charge in [0.2, 0.25) is 11.8 Å². The zero-order valence-electron chi connectivity index (χ0n) is 12.9. The van der Waals surface area contributed by atoms with Crippen LogP contribution in [0.2, 0.25) is 0 Å². The van der Waals surface area contributed by atoms with Gasteiger partial charge in [-0.1, -0.05) is 18.2 Å². The lowest BCUT2D eigenvalue weighted by molar-refractivity contribution is -0.114. The summed E-state index contributed by atoms with van der Waals surface area (Å²) in [6.45, 7) is 1.44. The standard InChI is InChI=1S/C18H15N3O3/c1-12(23)20-15-6-4-5-14(9-15)19-10-13(11-22)18-21-16-7-2-3-8-17(16)24-18/h2-11,19H,1H3,(H,20,23)/b13-10-. The topological polar surface area (TPSA) is 84.2 Å². The molecule has 0 spiro atoms. The summed E-state index contributed by atoms with van der Waals surface area (Å²) in [7, 11) is 0. The quantitative estimate of drug-likeness (QED) is 0.555. The third-order valence-corrected chi connectivity index (χ3v) is 3.25. The van der Waals surface area contributed by atoms with Crippen LogP contribution in [0.5, 0.6) is 0 Å². The molecule has 6 nitrogen and oxygen atoms in total. The van der Waals surface area contributed by atoms with Gasteiger partial charge in [0.25, 0.3) is 0 Å². The molecule has 0 unspecified atom stereocenters. The maximum atomic E-state index is 11.4. The van der Waals surface area contributed by atoms with Gasteiger partial charge in [0.1, 0.15) is 5.52 Å². The molecule has 2 N–H and O–H groups in total. The van der Waals surface area contributed by atoms with Gasteiger partial charge in [-0.2, -0.15) is 0 Å². The summed E-state index contributed by atoms with van der Waals surface area (Å²) in [5, 5.41) is 5.70. The molecule has 1 heterocycles. The zero-order valence-corrected chi connectivity index (χ0v) is 12.9. The number of anilines is 2. The number of benzene rings is 2. The van der Waals surface area contributed by atoms with E-state index in [1.807, 2.05) is 24.3 Å². The number of hydrogen-bond donors (Lipinski definition) is 2. The van der Waals surface area contributed by atoms with Crippen molar-refractivity contribution >= 4 is 40.2 Å². The van der Waals surface area contributed by atoms with Crippen LogP contribution in [0.1, 0.15) is 12.8 Å². The third kappa shape index (κ3) is 3.49. The number of rotatable bonds is 5. The van der Waals surface area contributed by atoms with E-state index < -0.39 is 0 Å². The first kappa shape index (κ1) is 15.5. The molecule has 0 aliphatic carbocycles. The van der Waals surface area contributed by atoms with Crippen LogP contribution in [0.3, 0.4) is 0 Å². The molecule has 120 valence electrons. The van der Waals surface area contributed by atoms with Gasteiger partial charge >= 0.3 is 0 Å². The van der Waals surface area contributed by atoms with Crippen LogP contribution < -0.4 is 10.6 Å². The molecule has 1 aromatic heterocycles. The number of fused-ring (bicyclic) bond motifs is 1. The van der Waals surface area contributed by atoms with E-state index in [0.29, 0.717) is 23.1 Å². The monoisotopic (exact) mass is 321 g/mol. The molecule has 0 saturated carbocycles. The van der Waals surface area contributed by atoms with E-state index in [9.17, 15) is 9.59 Å². The number of hydrogen-bond acceptors (Lipinski definition) is 5. The second-order valence-electron chi connectivity index (χ2n) is 5.11. The number of aldehydes is 1. The Hall–Kier alpha value is -3.41. The number of aromatic nitrogens is 1. The minimum Gasteiger partial charge on any atom is -0.436 e. The third-order valence-electron chi connectivity index (χ3n) is 3.25. The summed E-state index contributed by atoms with van der Waals surface area (Å²) >= 11 is 0. The fraction of sp³-hybridized carbons (Fsp3) is 0.0556. The van der Waals surface area contributed by atoms with E-state index in [0.717, 1.165) is 5.69 Å². The molecule has 3 aromatic rings. The molecule has 6 heteroatoms. The Bertz CT molecular complexity index is 895.